The highest BCUT2D eigenvalue weighted by Crippen LogP contribution is 2.34. The van der Waals surface area contributed by atoms with Gasteiger partial charge in [-0.1, -0.05) is 6.42 Å². The van der Waals surface area contributed by atoms with Gasteiger partial charge in [-0.05, 0) is 37.5 Å². The average Bonchev–Trinajstić information content (AvgIpc) is 2.99. The molecule has 132 valence electrons. The molecule has 7 nitrogen and oxygen atoms in total. The first kappa shape index (κ1) is 17.1. The molecule has 0 radical (unpaired) electrons. The van der Waals surface area contributed by atoms with Crippen LogP contribution in [-0.2, 0) is 4.74 Å². The highest BCUT2D eigenvalue weighted by atomic mass is 19.1. The van der Waals surface area contributed by atoms with Crippen LogP contribution in [0.3, 0.4) is 0 Å². The molecule has 1 aromatic carbocycles. The van der Waals surface area contributed by atoms with Crippen molar-refractivity contribution in [3.05, 3.63) is 30.0 Å². The smallest absolute Gasteiger partial charge is 0.411 e. The summed E-state index contributed by atoms with van der Waals surface area (Å²) in [6, 6.07) is 4.63. The molecule has 0 spiro atoms. The minimum absolute atomic E-state index is 0.169. The number of halogens is 1. The summed E-state index contributed by atoms with van der Waals surface area (Å²) in [5.74, 6) is -0.116. The van der Waals surface area contributed by atoms with Crippen LogP contribution in [0.1, 0.15) is 37.5 Å². The summed E-state index contributed by atoms with van der Waals surface area (Å²) in [6.07, 6.45) is 4.57. The van der Waals surface area contributed by atoms with Gasteiger partial charge in [-0.2, -0.15) is 4.39 Å². The lowest BCUT2D eigenvalue weighted by Crippen LogP contribution is -2.12. The molecular weight excluding hydrogens is 325 g/mol. The Bertz CT molecular complexity index is 802. The van der Waals surface area contributed by atoms with Crippen molar-refractivity contribution in [1.29, 1.82) is 0 Å². The molecule has 1 atom stereocenters. The van der Waals surface area contributed by atoms with Crippen LogP contribution < -0.4 is 11.1 Å². The van der Waals surface area contributed by atoms with Crippen LogP contribution in [0.4, 0.5) is 20.6 Å². The third-order valence-corrected chi connectivity index (χ3v) is 4.04. The lowest BCUT2D eigenvalue weighted by atomic mass is 10.1. The van der Waals surface area contributed by atoms with E-state index in [9.17, 15) is 9.18 Å². The number of benzene rings is 1. The Balaban J connectivity index is 2.06. The number of ether oxygens (including phenoxy) is 1. The second-order valence-electron chi connectivity index (χ2n) is 5.84. The molecule has 1 amide bonds. The van der Waals surface area contributed by atoms with Crippen molar-refractivity contribution in [2.45, 2.75) is 31.7 Å². The molecule has 0 unspecified atom stereocenters. The molecule has 4 N–H and O–H groups in total. The Kier molecular flexibility index (Phi) is 5.08. The topological polar surface area (TPSA) is 105 Å². The van der Waals surface area contributed by atoms with Crippen LogP contribution in [0.2, 0.25) is 0 Å². The second kappa shape index (κ2) is 7.43. The van der Waals surface area contributed by atoms with Crippen molar-refractivity contribution in [3.8, 4) is 11.3 Å². The minimum atomic E-state index is -0.587. The van der Waals surface area contributed by atoms with E-state index in [0.717, 1.165) is 25.7 Å². The molecule has 25 heavy (non-hydrogen) atoms. The van der Waals surface area contributed by atoms with Gasteiger partial charge in [0, 0.05) is 17.5 Å². The molecule has 0 fully saturated rings. The first-order valence-corrected chi connectivity index (χ1v) is 8.11. The summed E-state index contributed by atoms with van der Waals surface area (Å²) in [7, 11) is 1.28. The average molecular weight is 345 g/mol. The van der Waals surface area contributed by atoms with E-state index < -0.39 is 12.0 Å². The largest absolute Gasteiger partial charge is 0.453 e. The maximum Gasteiger partial charge on any atom is 0.411 e. The van der Waals surface area contributed by atoms with E-state index >= 15 is 0 Å². The number of nitrogens with one attached hydrogen (secondary N) is 2. The number of fused-ring (bicyclic) bond motifs is 4. The number of hydrogen-bond donors (Lipinski definition) is 3. The lowest BCUT2D eigenvalue weighted by Gasteiger charge is -2.10. The Morgan fingerprint density at radius 3 is 3.08 bits per heavy atom. The van der Waals surface area contributed by atoms with E-state index in [0.29, 0.717) is 22.8 Å². The molecule has 2 aromatic rings. The first-order chi connectivity index (χ1) is 12.1. The zero-order valence-corrected chi connectivity index (χ0v) is 13.9. The summed E-state index contributed by atoms with van der Waals surface area (Å²) in [6.45, 7) is 0. The number of carbonyl (C=O) groups is 1. The number of aliphatic imine (C=N–C) groups is 1. The number of nitrogens with zero attached hydrogens (tertiary/aromatic N) is 2. The fourth-order valence-electron chi connectivity index (χ4n) is 2.71. The summed E-state index contributed by atoms with van der Waals surface area (Å²) in [4.78, 5) is 22.8. The number of hydrogen-bond acceptors (Lipinski definition) is 5. The number of H-pyrrole nitrogens is 1. The van der Waals surface area contributed by atoms with Crippen LogP contribution in [-0.4, -0.2) is 29.4 Å². The number of imidazole rings is 1. The molecule has 2 heterocycles. The standard InChI is InChI=1S/C17H20FN5O2/c1-25-17(24)21-10-6-7-11-13(9-10)20-8-4-2-3-5-12(19)16-22-14(11)15(18)23-16/h6-9,12H,2-5,19H2,1H3,(H,21,24)(H,22,23)/t12-/m0/s1. The number of aromatic amines is 1. The Hall–Kier alpha value is -2.74. The van der Waals surface area contributed by atoms with E-state index in [-0.39, 0.29) is 11.7 Å². The van der Waals surface area contributed by atoms with Crippen molar-refractivity contribution in [1.82, 2.24) is 9.97 Å². The number of amides is 1. The van der Waals surface area contributed by atoms with Gasteiger partial charge in [0.2, 0.25) is 5.95 Å². The number of rotatable bonds is 1. The molecule has 2 bridgehead atoms. The number of methoxy groups -OCH3 is 1. The van der Waals surface area contributed by atoms with Gasteiger partial charge >= 0.3 is 6.09 Å². The molecule has 0 saturated carbocycles. The van der Waals surface area contributed by atoms with Crippen molar-refractivity contribution in [2.24, 2.45) is 10.7 Å². The van der Waals surface area contributed by atoms with Crippen LogP contribution in [0.15, 0.2) is 23.2 Å². The quantitative estimate of drug-likeness (QED) is 0.733. The van der Waals surface area contributed by atoms with E-state index in [1.165, 1.54) is 7.11 Å². The molecule has 1 aromatic heterocycles. The van der Waals surface area contributed by atoms with Crippen LogP contribution in [0.5, 0.6) is 0 Å². The van der Waals surface area contributed by atoms with Gasteiger partial charge in [-0.15, -0.1) is 0 Å². The van der Waals surface area contributed by atoms with Crippen molar-refractivity contribution in [2.75, 3.05) is 12.4 Å². The monoisotopic (exact) mass is 345 g/mol. The summed E-state index contributed by atoms with van der Waals surface area (Å²) in [5, 5.41) is 2.57. The molecule has 8 heteroatoms. The van der Waals surface area contributed by atoms with Gasteiger partial charge in [0.1, 0.15) is 11.5 Å². The van der Waals surface area contributed by atoms with Crippen molar-refractivity contribution >= 4 is 23.7 Å². The number of anilines is 1. The third kappa shape index (κ3) is 3.85. The Labute approximate surface area is 144 Å². The second-order valence-corrected chi connectivity index (χ2v) is 5.84. The molecular formula is C17H20FN5O2. The van der Waals surface area contributed by atoms with Gasteiger partial charge in [0.05, 0.1) is 18.8 Å². The molecule has 3 rings (SSSR count). The minimum Gasteiger partial charge on any atom is -0.453 e. The van der Waals surface area contributed by atoms with Crippen LogP contribution in [0.25, 0.3) is 11.3 Å². The van der Waals surface area contributed by atoms with Gasteiger partial charge in [0.25, 0.3) is 0 Å². The summed E-state index contributed by atoms with van der Waals surface area (Å²) >= 11 is 0. The fourth-order valence-corrected chi connectivity index (χ4v) is 2.71. The molecule has 1 aliphatic heterocycles. The predicted octanol–water partition coefficient (Wildman–Crippen LogP) is 3.67. The zero-order valence-electron chi connectivity index (χ0n) is 13.9. The predicted molar refractivity (Wildman–Crippen MR) is 93.6 cm³/mol. The Morgan fingerprint density at radius 2 is 2.28 bits per heavy atom. The van der Waals surface area contributed by atoms with Crippen LogP contribution >= 0.6 is 0 Å². The van der Waals surface area contributed by atoms with E-state index in [4.69, 9.17) is 5.73 Å². The van der Waals surface area contributed by atoms with Gasteiger partial charge in [0.15, 0.2) is 0 Å². The number of carbonyl (C=O) groups excluding carboxylic acids is 1. The van der Waals surface area contributed by atoms with E-state index in [1.54, 1.807) is 24.4 Å². The molecule has 0 saturated heterocycles. The Morgan fingerprint density at radius 1 is 1.44 bits per heavy atom. The van der Waals surface area contributed by atoms with Crippen molar-refractivity contribution in [3.63, 3.8) is 0 Å². The molecule has 0 aliphatic carbocycles. The fraction of sp³-hybridized carbons (Fsp3) is 0.353. The highest BCUT2D eigenvalue weighted by molar-refractivity contribution is 5.88. The van der Waals surface area contributed by atoms with Crippen LogP contribution in [0, 0.1) is 5.95 Å². The van der Waals surface area contributed by atoms with Crippen molar-refractivity contribution < 1.29 is 13.9 Å². The number of aromatic nitrogens is 2. The van der Waals surface area contributed by atoms with Gasteiger partial charge in [-0.3, -0.25) is 10.3 Å². The maximum absolute atomic E-state index is 14.4. The SMILES string of the molecule is COC(=O)Nc1ccc2c(c1)N=CCCCC[C@H](N)c1nc-2c(F)[nH]1. The normalized spacial score (nSPS) is 17.2. The lowest BCUT2D eigenvalue weighted by molar-refractivity contribution is 0.187. The van der Waals surface area contributed by atoms with Gasteiger partial charge < -0.3 is 15.5 Å². The first-order valence-electron chi connectivity index (χ1n) is 8.11. The van der Waals surface area contributed by atoms with Gasteiger partial charge in [-0.25, -0.2) is 9.78 Å². The van der Waals surface area contributed by atoms with E-state index in [2.05, 4.69) is 25.0 Å². The maximum atomic E-state index is 14.4. The third-order valence-electron chi connectivity index (χ3n) is 4.04. The number of nitrogens with two attached hydrogens (primary N) is 1. The zero-order chi connectivity index (χ0) is 17.8. The summed E-state index contributed by atoms with van der Waals surface area (Å²) in [5.41, 5.74) is 7.80. The van der Waals surface area contributed by atoms with E-state index in [1.807, 2.05) is 0 Å². The molecule has 1 aliphatic rings. The highest BCUT2D eigenvalue weighted by Gasteiger charge is 2.19. The summed E-state index contributed by atoms with van der Waals surface area (Å²) < 4.78 is 19.0.